The van der Waals surface area contributed by atoms with Crippen LogP contribution in [-0.4, -0.2) is 41.7 Å². The van der Waals surface area contributed by atoms with Crippen molar-refractivity contribution in [3.63, 3.8) is 0 Å². The highest BCUT2D eigenvalue weighted by molar-refractivity contribution is 9.10. The van der Waals surface area contributed by atoms with E-state index in [1.54, 1.807) is 21.0 Å². The largest absolute Gasteiger partial charge is 0.347 e. The van der Waals surface area contributed by atoms with Gasteiger partial charge in [0, 0.05) is 14.1 Å². The molecule has 0 fully saturated rings. The van der Waals surface area contributed by atoms with E-state index in [0.717, 1.165) is 0 Å². The van der Waals surface area contributed by atoms with Crippen LogP contribution in [0, 0.1) is 0 Å². The summed E-state index contributed by atoms with van der Waals surface area (Å²) in [5, 5.41) is 2.63. The molecule has 2 unspecified atom stereocenters. The summed E-state index contributed by atoms with van der Waals surface area (Å²) >= 11 is 3.22. The number of amides is 2. The van der Waals surface area contributed by atoms with Crippen LogP contribution in [0.1, 0.15) is 20.3 Å². The molecule has 0 aliphatic carbocycles. The van der Waals surface area contributed by atoms with Crippen molar-refractivity contribution in [1.82, 2.24) is 10.2 Å². The van der Waals surface area contributed by atoms with Gasteiger partial charge < -0.3 is 10.2 Å². The second kappa shape index (κ2) is 6.01. The van der Waals surface area contributed by atoms with Gasteiger partial charge in [0.05, 0.1) is 4.83 Å². The summed E-state index contributed by atoms with van der Waals surface area (Å²) in [7, 11) is 3.33. The molecule has 0 aromatic heterocycles. The first kappa shape index (κ1) is 13.4. The van der Waals surface area contributed by atoms with Crippen LogP contribution in [0.15, 0.2) is 0 Å². The molecule has 1 N–H and O–H groups in total. The Morgan fingerprint density at radius 2 is 1.93 bits per heavy atom. The lowest BCUT2D eigenvalue weighted by atomic mass is 10.2. The number of rotatable bonds is 4. The number of likely N-dealkylation sites (N-methyl/N-ethyl adjacent to an activating group) is 1. The molecular weight excluding hydrogens is 248 g/mol. The molecule has 0 heterocycles. The van der Waals surface area contributed by atoms with Crippen molar-refractivity contribution in [2.24, 2.45) is 0 Å². The fourth-order valence-electron chi connectivity index (χ4n) is 0.938. The summed E-state index contributed by atoms with van der Waals surface area (Å²) < 4.78 is 0. The van der Waals surface area contributed by atoms with Crippen molar-refractivity contribution in [3.05, 3.63) is 0 Å². The van der Waals surface area contributed by atoms with Crippen molar-refractivity contribution in [2.75, 3.05) is 14.1 Å². The number of carbonyl (C=O) groups is 2. The molecule has 4 nitrogen and oxygen atoms in total. The summed E-state index contributed by atoms with van der Waals surface area (Å²) in [5.41, 5.74) is 0. The van der Waals surface area contributed by atoms with Gasteiger partial charge in [-0.05, 0) is 13.3 Å². The third kappa shape index (κ3) is 4.09. The Hall–Kier alpha value is -0.580. The summed E-state index contributed by atoms with van der Waals surface area (Å²) in [4.78, 5) is 24.0. The maximum Gasteiger partial charge on any atom is 0.244 e. The minimum Gasteiger partial charge on any atom is -0.347 e. The van der Waals surface area contributed by atoms with Gasteiger partial charge in [0.2, 0.25) is 11.8 Å². The average Bonchev–Trinajstić information content (AvgIpc) is 2.14. The minimum atomic E-state index is -0.468. The maximum absolute atomic E-state index is 11.4. The molecule has 14 heavy (non-hydrogen) atoms. The van der Waals surface area contributed by atoms with E-state index in [4.69, 9.17) is 0 Å². The first-order valence-corrected chi connectivity index (χ1v) is 5.47. The van der Waals surface area contributed by atoms with E-state index in [9.17, 15) is 9.59 Å². The fraction of sp³-hybridized carbons (Fsp3) is 0.778. The van der Waals surface area contributed by atoms with Gasteiger partial charge in [-0.15, -0.1) is 0 Å². The number of alkyl halides is 1. The average molecular weight is 265 g/mol. The quantitative estimate of drug-likeness (QED) is 0.763. The van der Waals surface area contributed by atoms with Gasteiger partial charge in [-0.3, -0.25) is 9.59 Å². The van der Waals surface area contributed by atoms with Crippen LogP contribution in [0.4, 0.5) is 0 Å². The first-order chi connectivity index (χ1) is 6.40. The van der Waals surface area contributed by atoms with Crippen LogP contribution < -0.4 is 5.32 Å². The number of hydrogen-bond acceptors (Lipinski definition) is 2. The SMILES string of the molecule is CCC(Br)C(=O)NC(C)C(=O)N(C)C. The number of nitrogens with one attached hydrogen (secondary N) is 1. The van der Waals surface area contributed by atoms with Crippen LogP contribution in [0.25, 0.3) is 0 Å². The number of hydrogen-bond donors (Lipinski definition) is 1. The standard InChI is InChI=1S/C9H17BrN2O2/c1-5-7(10)8(13)11-6(2)9(14)12(3)4/h6-7H,5H2,1-4H3,(H,11,13). The molecule has 2 amide bonds. The summed E-state index contributed by atoms with van der Waals surface area (Å²) in [5.74, 6) is -0.246. The second-order valence-electron chi connectivity index (χ2n) is 3.34. The van der Waals surface area contributed by atoms with E-state index >= 15 is 0 Å². The Morgan fingerprint density at radius 1 is 1.43 bits per heavy atom. The third-order valence-corrected chi connectivity index (χ3v) is 2.88. The van der Waals surface area contributed by atoms with Crippen LogP contribution in [-0.2, 0) is 9.59 Å². The number of carbonyl (C=O) groups excluding carboxylic acids is 2. The van der Waals surface area contributed by atoms with Crippen molar-refractivity contribution in [1.29, 1.82) is 0 Å². The molecule has 0 aromatic carbocycles. The van der Waals surface area contributed by atoms with Crippen molar-refractivity contribution < 1.29 is 9.59 Å². The predicted octanol–water partition coefficient (Wildman–Crippen LogP) is 0.753. The highest BCUT2D eigenvalue weighted by atomic mass is 79.9. The van der Waals surface area contributed by atoms with Gasteiger partial charge in [0.1, 0.15) is 6.04 Å². The van der Waals surface area contributed by atoms with Crippen LogP contribution in [0.3, 0.4) is 0 Å². The second-order valence-corrected chi connectivity index (χ2v) is 4.44. The fourth-order valence-corrected chi connectivity index (χ4v) is 1.07. The zero-order chi connectivity index (χ0) is 11.3. The molecule has 0 spiro atoms. The molecule has 2 atom stereocenters. The Morgan fingerprint density at radius 3 is 2.29 bits per heavy atom. The van der Waals surface area contributed by atoms with E-state index in [-0.39, 0.29) is 16.6 Å². The molecule has 0 aromatic rings. The highest BCUT2D eigenvalue weighted by Crippen LogP contribution is 2.04. The van der Waals surface area contributed by atoms with Gasteiger partial charge >= 0.3 is 0 Å². The zero-order valence-electron chi connectivity index (χ0n) is 9.00. The Balaban J connectivity index is 4.12. The molecule has 5 heteroatoms. The summed E-state index contributed by atoms with van der Waals surface area (Å²) in [6.45, 7) is 3.58. The van der Waals surface area contributed by atoms with Crippen molar-refractivity contribution >= 4 is 27.7 Å². The minimum absolute atomic E-state index is 0.103. The van der Waals surface area contributed by atoms with Gasteiger partial charge in [-0.25, -0.2) is 0 Å². The summed E-state index contributed by atoms with van der Waals surface area (Å²) in [6.07, 6.45) is 0.703. The maximum atomic E-state index is 11.4. The molecule has 0 saturated carbocycles. The van der Waals surface area contributed by atoms with Gasteiger partial charge in [-0.1, -0.05) is 22.9 Å². The predicted molar refractivity (Wildman–Crippen MR) is 59.3 cm³/mol. The van der Waals surface area contributed by atoms with Gasteiger partial charge in [0.25, 0.3) is 0 Å². The van der Waals surface area contributed by atoms with Crippen molar-refractivity contribution in [2.45, 2.75) is 31.1 Å². The molecular formula is C9H17BrN2O2. The smallest absolute Gasteiger partial charge is 0.244 e. The Kier molecular flexibility index (Phi) is 5.76. The van der Waals surface area contributed by atoms with Gasteiger partial charge in [0.15, 0.2) is 0 Å². The monoisotopic (exact) mass is 264 g/mol. The zero-order valence-corrected chi connectivity index (χ0v) is 10.6. The number of halogens is 1. The molecule has 0 bridgehead atoms. The van der Waals surface area contributed by atoms with Gasteiger partial charge in [-0.2, -0.15) is 0 Å². The lowest BCUT2D eigenvalue weighted by molar-refractivity contribution is -0.133. The Labute approximate surface area is 93.2 Å². The van der Waals surface area contributed by atoms with Crippen LogP contribution >= 0.6 is 15.9 Å². The third-order valence-electron chi connectivity index (χ3n) is 1.81. The molecule has 0 aliphatic rings. The highest BCUT2D eigenvalue weighted by Gasteiger charge is 2.20. The normalized spacial score (nSPS) is 14.4. The van der Waals surface area contributed by atoms with Crippen LogP contribution in [0.5, 0.6) is 0 Å². The van der Waals surface area contributed by atoms with E-state index in [0.29, 0.717) is 6.42 Å². The van der Waals surface area contributed by atoms with E-state index in [1.165, 1.54) is 4.90 Å². The molecule has 0 saturated heterocycles. The molecule has 82 valence electrons. The lowest BCUT2D eigenvalue weighted by Gasteiger charge is -2.19. The Bertz CT molecular complexity index is 219. The van der Waals surface area contributed by atoms with E-state index < -0.39 is 6.04 Å². The van der Waals surface area contributed by atoms with Crippen molar-refractivity contribution in [3.8, 4) is 0 Å². The summed E-state index contributed by atoms with van der Waals surface area (Å²) in [6, 6.07) is -0.468. The first-order valence-electron chi connectivity index (χ1n) is 4.55. The lowest BCUT2D eigenvalue weighted by Crippen LogP contribution is -2.46. The number of nitrogens with zero attached hydrogens (tertiary/aromatic N) is 1. The molecule has 0 radical (unpaired) electrons. The van der Waals surface area contributed by atoms with E-state index in [2.05, 4.69) is 21.2 Å². The van der Waals surface area contributed by atoms with Crippen LogP contribution in [0.2, 0.25) is 0 Å². The molecule has 0 rings (SSSR count). The topological polar surface area (TPSA) is 49.4 Å². The molecule has 0 aliphatic heterocycles. The van der Waals surface area contributed by atoms with E-state index in [1.807, 2.05) is 6.92 Å².